The van der Waals surface area contributed by atoms with Gasteiger partial charge in [-0.25, -0.2) is 0 Å². The molecule has 6 rings (SSSR count). The molecule has 0 spiro atoms. The van der Waals surface area contributed by atoms with Gasteiger partial charge in [-0.3, -0.25) is 4.98 Å². The van der Waals surface area contributed by atoms with Crippen LogP contribution in [-0.2, 0) is 0 Å². The number of rotatable bonds is 4. The Morgan fingerprint density at radius 2 is 1.82 bits per heavy atom. The Balaban J connectivity index is 1.45. The number of hydrogen-bond donors (Lipinski definition) is 1. The Morgan fingerprint density at radius 1 is 1.00 bits per heavy atom. The van der Waals surface area contributed by atoms with E-state index in [2.05, 4.69) is 59.0 Å². The predicted molar refractivity (Wildman–Crippen MR) is 136 cm³/mol. The highest BCUT2D eigenvalue weighted by Crippen LogP contribution is 2.45. The van der Waals surface area contributed by atoms with Crippen molar-refractivity contribution >= 4 is 17.3 Å². The fourth-order valence-electron chi connectivity index (χ4n) is 5.96. The molecule has 176 valence electrons. The Hall–Kier alpha value is -3.06. The second-order valence-corrected chi connectivity index (χ2v) is 9.91. The number of pyridine rings is 1. The third-order valence-electron chi connectivity index (χ3n) is 7.51. The van der Waals surface area contributed by atoms with Gasteiger partial charge in [-0.1, -0.05) is 25.3 Å². The minimum atomic E-state index is 0.0151. The summed E-state index contributed by atoms with van der Waals surface area (Å²) in [5, 5.41) is 4.49. The van der Waals surface area contributed by atoms with Crippen LogP contribution < -0.4 is 14.8 Å². The van der Waals surface area contributed by atoms with Gasteiger partial charge in [0.2, 0.25) is 6.79 Å². The fourth-order valence-corrected chi connectivity index (χ4v) is 6.35. The molecule has 1 aliphatic carbocycles. The van der Waals surface area contributed by atoms with E-state index in [-0.39, 0.29) is 18.9 Å². The van der Waals surface area contributed by atoms with Crippen LogP contribution in [0.15, 0.2) is 48.7 Å². The summed E-state index contributed by atoms with van der Waals surface area (Å²) < 4.78 is 13.5. The average Bonchev–Trinajstić information content (AvgIpc) is 3.54. The summed E-state index contributed by atoms with van der Waals surface area (Å²) in [4.78, 5) is 7.21. The van der Waals surface area contributed by atoms with Gasteiger partial charge in [0.25, 0.3) is 0 Å². The Labute approximate surface area is 205 Å². The number of thiocarbonyl (C=S) groups is 1. The summed E-state index contributed by atoms with van der Waals surface area (Å²) in [5.74, 6) is 1.60. The molecule has 3 aromatic rings. The van der Waals surface area contributed by atoms with E-state index in [0.29, 0.717) is 6.04 Å². The number of aryl methyl sites for hydroxylation is 1. The molecule has 0 unspecified atom stereocenters. The highest BCUT2D eigenvalue weighted by atomic mass is 32.1. The number of fused-ring (bicyclic) bond motifs is 1. The van der Waals surface area contributed by atoms with Gasteiger partial charge < -0.3 is 24.3 Å². The lowest BCUT2D eigenvalue weighted by molar-refractivity contribution is 0.174. The van der Waals surface area contributed by atoms with E-state index >= 15 is 0 Å². The number of benzene rings is 1. The zero-order chi connectivity index (χ0) is 23.2. The van der Waals surface area contributed by atoms with Crippen LogP contribution in [0.2, 0.25) is 0 Å². The van der Waals surface area contributed by atoms with Crippen molar-refractivity contribution in [2.75, 3.05) is 6.79 Å². The predicted octanol–water partition coefficient (Wildman–Crippen LogP) is 5.52. The van der Waals surface area contributed by atoms with E-state index in [4.69, 9.17) is 26.7 Å². The highest BCUT2D eigenvalue weighted by molar-refractivity contribution is 7.80. The maximum Gasteiger partial charge on any atom is 0.231 e. The monoisotopic (exact) mass is 474 g/mol. The lowest BCUT2D eigenvalue weighted by Crippen LogP contribution is -2.40. The Kier molecular flexibility index (Phi) is 5.44. The van der Waals surface area contributed by atoms with Gasteiger partial charge in [-0.2, -0.15) is 0 Å². The normalized spacial score (nSPS) is 22.3. The first-order chi connectivity index (χ1) is 16.6. The molecule has 0 bridgehead atoms. The number of nitrogens with one attached hydrogen (secondary N) is 1. The van der Waals surface area contributed by atoms with Crippen molar-refractivity contribution in [3.05, 3.63) is 71.3 Å². The second-order valence-electron chi connectivity index (χ2n) is 9.53. The van der Waals surface area contributed by atoms with Crippen LogP contribution in [0.3, 0.4) is 0 Å². The van der Waals surface area contributed by atoms with Crippen molar-refractivity contribution in [3.8, 4) is 17.2 Å². The van der Waals surface area contributed by atoms with Crippen LogP contribution >= 0.6 is 12.2 Å². The molecule has 7 heteroatoms. The molecular formula is C27H30N4O2S. The minimum Gasteiger partial charge on any atom is -0.454 e. The summed E-state index contributed by atoms with van der Waals surface area (Å²) in [6.45, 7) is 4.66. The lowest BCUT2D eigenvalue weighted by Gasteiger charge is -2.37. The number of hydrogen-bond acceptors (Lipinski definition) is 4. The number of aromatic nitrogens is 2. The molecule has 1 aromatic carbocycles. The van der Waals surface area contributed by atoms with Crippen LogP contribution in [0.5, 0.6) is 11.5 Å². The minimum absolute atomic E-state index is 0.0151. The van der Waals surface area contributed by atoms with Gasteiger partial charge in [0.1, 0.15) is 0 Å². The average molecular weight is 475 g/mol. The molecule has 0 radical (unpaired) electrons. The van der Waals surface area contributed by atoms with Crippen LogP contribution in [-0.4, -0.2) is 32.4 Å². The zero-order valence-electron chi connectivity index (χ0n) is 19.7. The van der Waals surface area contributed by atoms with Crippen molar-refractivity contribution in [2.24, 2.45) is 0 Å². The van der Waals surface area contributed by atoms with Crippen molar-refractivity contribution < 1.29 is 9.47 Å². The molecule has 0 amide bonds. The van der Waals surface area contributed by atoms with Crippen molar-refractivity contribution in [1.29, 1.82) is 0 Å². The first-order valence-corrected chi connectivity index (χ1v) is 12.6. The van der Waals surface area contributed by atoms with Crippen LogP contribution in [0.1, 0.15) is 66.8 Å². The second kappa shape index (κ2) is 8.62. The number of nitrogens with zero attached hydrogens (tertiary/aromatic N) is 3. The largest absolute Gasteiger partial charge is 0.454 e. The molecule has 2 fully saturated rings. The highest BCUT2D eigenvalue weighted by Gasteiger charge is 2.44. The summed E-state index contributed by atoms with van der Waals surface area (Å²) in [7, 11) is 0. The molecule has 34 heavy (non-hydrogen) atoms. The van der Waals surface area contributed by atoms with Gasteiger partial charge in [0, 0.05) is 35.4 Å². The van der Waals surface area contributed by atoms with E-state index < -0.39 is 0 Å². The first-order valence-electron chi connectivity index (χ1n) is 12.2. The quantitative estimate of drug-likeness (QED) is 0.502. The van der Waals surface area contributed by atoms with Crippen LogP contribution in [0.25, 0.3) is 5.69 Å². The van der Waals surface area contributed by atoms with Gasteiger partial charge >= 0.3 is 0 Å². The molecule has 6 nitrogen and oxygen atoms in total. The third-order valence-corrected chi connectivity index (χ3v) is 7.84. The van der Waals surface area contributed by atoms with Crippen molar-refractivity contribution in [2.45, 2.75) is 64.1 Å². The van der Waals surface area contributed by atoms with E-state index in [1.807, 2.05) is 18.3 Å². The van der Waals surface area contributed by atoms with Crippen molar-refractivity contribution in [1.82, 2.24) is 19.8 Å². The molecule has 1 saturated heterocycles. The molecule has 1 N–H and O–H groups in total. The van der Waals surface area contributed by atoms with Gasteiger partial charge in [0.15, 0.2) is 16.6 Å². The van der Waals surface area contributed by atoms with E-state index in [1.165, 1.54) is 49.1 Å². The summed E-state index contributed by atoms with van der Waals surface area (Å²) in [6.07, 6.45) is 8.10. The smallest absolute Gasteiger partial charge is 0.231 e. The maximum atomic E-state index is 5.96. The molecule has 3 aliphatic rings. The van der Waals surface area contributed by atoms with Gasteiger partial charge in [0.05, 0.1) is 17.8 Å². The van der Waals surface area contributed by atoms with Gasteiger partial charge in [-0.05, 0) is 74.8 Å². The molecule has 2 aliphatic heterocycles. The molecule has 2 atom stereocenters. The fraction of sp³-hybridized carbons (Fsp3) is 0.407. The van der Waals surface area contributed by atoms with Crippen LogP contribution in [0, 0.1) is 13.8 Å². The topological polar surface area (TPSA) is 51.6 Å². The van der Waals surface area contributed by atoms with E-state index in [9.17, 15) is 0 Å². The van der Waals surface area contributed by atoms with E-state index in [1.54, 1.807) is 0 Å². The SMILES string of the molecule is Cc1cc([C@@H]2[C@@H](c3ccccn3)NC(=S)N2C2CCCCC2)c(C)n1-c1ccc2c(c1)OCO2. The molecule has 2 aromatic heterocycles. The lowest BCUT2D eigenvalue weighted by atomic mass is 9.90. The Morgan fingerprint density at radius 3 is 2.62 bits per heavy atom. The van der Waals surface area contributed by atoms with Gasteiger partial charge in [-0.15, -0.1) is 0 Å². The molecule has 1 saturated carbocycles. The van der Waals surface area contributed by atoms with E-state index in [0.717, 1.165) is 28.0 Å². The zero-order valence-corrected chi connectivity index (χ0v) is 20.5. The summed E-state index contributed by atoms with van der Waals surface area (Å²) >= 11 is 5.96. The number of ether oxygens (including phenoxy) is 2. The van der Waals surface area contributed by atoms with Crippen LogP contribution in [0.4, 0.5) is 0 Å². The Bertz CT molecular complexity index is 1220. The third kappa shape index (κ3) is 3.54. The molecule has 4 heterocycles. The maximum absolute atomic E-state index is 5.96. The standard InChI is InChI=1S/C27H30N4O2S/c1-17-14-21(18(2)30(17)20-11-12-23-24(15-20)33-16-32-23)26-25(22-10-6-7-13-28-22)29-27(34)31(26)19-8-4-3-5-9-19/h6-7,10-15,19,25-26H,3-5,8-9,16H2,1-2H3,(H,29,34)/t25-,26-/m1/s1. The first kappa shape index (κ1) is 21.5. The molecular weight excluding hydrogens is 444 g/mol. The summed E-state index contributed by atoms with van der Waals surface area (Å²) in [6, 6.07) is 15.2. The summed E-state index contributed by atoms with van der Waals surface area (Å²) in [5.41, 5.74) is 5.81. The van der Waals surface area contributed by atoms with Crippen molar-refractivity contribution in [3.63, 3.8) is 0 Å².